The summed E-state index contributed by atoms with van der Waals surface area (Å²) in [7, 11) is 0. The number of ether oxygens (including phenoxy) is 1. The lowest BCUT2D eigenvalue weighted by molar-refractivity contribution is -0.114. The van der Waals surface area contributed by atoms with Crippen LogP contribution in [-0.2, 0) is 11.2 Å². The van der Waals surface area contributed by atoms with E-state index in [0.717, 1.165) is 30.4 Å². The summed E-state index contributed by atoms with van der Waals surface area (Å²) in [5, 5.41) is 9.27. The van der Waals surface area contributed by atoms with Gasteiger partial charge in [-0.2, -0.15) is 0 Å². The predicted octanol–water partition coefficient (Wildman–Crippen LogP) is 3.44. The van der Waals surface area contributed by atoms with Crippen molar-refractivity contribution in [2.24, 2.45) is 4.99 Å². The lowest BCUT2D eigenvalue weighted by atomic mass is 10.1. The number of carbonyl (C=O) groups excluding carboxylic acids is 1. The number of carbonyl (C=O) groups is 1. The lowest BCUT2D eigenvalue weighted by Crippen LogP contribution is -2.39. The van der Waals surface area contributed by atoms with E-state index in [1.807, 2.05) is 61.5 Å². The molecule has 0 unspecified atom stereocenters. The quantitative estimate of drug-likeness (QED) is 0.215. The van der Waals surface area contributed by atoms with Gasteiger partial charge in [-0.1, -0.05) is 30.3 Å². The first kappa shape index (κ1) is 23.7. The van der Waals surface area contributed by atoms with Crippen LogP contribution in [-0.4, -0.2) is 38.1 Å². The minimum Gasteiger partial charge on any atom is -0.492 e. The highest BCUT2D eigenvalue weighted by atomic mass is 127. The molecule has 0 bridgehead atoms. The number of hydrogen-bond donors (Lipinski definition) is 3. The number of anilines is 1. The Morgan fingerprint density at radius 1 is 1.04 bits per heavy atom. The van der Waals surface area contributed by atoms with Crippen LogP contribution in [0, 0.1) is 0 Å². The maximum absolute atomic E-state index is 11.0. The maximum Gasteiger partial charge on any atom is 0.221 e. The summed E-state index contributed by atoms with van der Waals surface area (Å²) in [5.41, 5.74) is 1.99. The van der Waals surface area contributed by atoms with Crippen molar-refractivity contribution in [1.29, 1.82) is 0 Å². The van der Waals surface area contributed by atoms with Crippen molar-refractivity contribution < 1.29 is 9.53 Å². The van der Waals surface area contributed by atoms with Gasteiger partial charge in [0.25, 0.3) is 0 Å². The molecule has 28 heavy (non-hydrogen) atoms. The van der Waals surface area contributed by atoms with Crippen LogP contribution in [0.1, 0.15) is 19.4 Å². The molecule has 6 nitrogen and oxygen atoms in total. The standard InChI is InChI=1S/C21H28N4O2.HI/c1-3-22-21(24-15-16-27-20-7-5-4-6-8-20)23-14-13-18-9-11-19(12-10-18)25-17(2)26;/h4-12H,3,13-16H2,1-2H3,(H,25,26)(H2,22,23,24);1H. The third-order valence-corrected chi connectivity index (χ3v) is 3.70. The van der Waals surface area contributed by atoms with Crippen molar-refractivity contribution in [3.05, 3.63) is 60.2 Å². The molecule has 0 aliphatic carbocycles. The van der Waals surface area contributed by atoms with Gasteiger partial charge in [0.1, 0.15) is 12.4 Å². The van der Waals surface area contributed by atoms with Crippen molar-refractivity contribution in [3.63, 3.8) is 0 Å². The number of benzene rings is 2. The monoisotopic (exact) mass is 496 g/mol. The zero-order valence-corrected chi connectivity index (χ0v) is 18.7. The van der Waals surface area contributed by atoms with Crippen LogP contribution < -0.4 is 20.7 Å². The van der Waals surface area contributed by atoms with Crippen molar-refractivity contribution in [2.45, 2.75) is 20.3 Å². The summed E-state index contributed by atoms with van der Waals surface area (Å²) < 4.78 is 5.67. The van der Waals surface area contributed by atoms with Gasteiger partial charge < -0.3 is 20.7 Å². The first-order valence-electron chi connectivity index (χ1n) is 9.24. The second-order valence-corrected chi connectivity index (χ2v) is 5.98. The van der Waals surface area contributed by atoms with Crippen LogP contribution in [0.5, 0.6) is 5.75 Å². The molecular weight excluding hydrogens is 467 g/mol. The number of halogens is 1. The predicted molar refractivity (Wildman–Crippen MR) is 126 cm³/mol. The average molecular weight is 496 g/mol. The third kappa shape index (κ3) is 9.59. The fourth-order valence-electron chi connectivity index (χ4n) is 2.45. The molecule has 0 radical (unpaired) electrons. The fourth-order valence-corrected chi connectivity index (χ4v) is 2.45. The third-order valence-electron chi connectivity index (χ3n) is 3.70. The molecule has 0 aromatic heterocycles. The van der Waals surface area contributed by atoms with Gasteiger partial charge in [0.05, 0.1) is 6.54 Å². The zero-order chi connectivity index (χ0) is 19.3. The molecule has 1 amide bonds. The number of para-hydroxylation sites is 1. The van der Waals surface area contributed by atoms with Crippen LogP contribution in [0.25, 0.3) is 0 Å². The molecule has 0 heterocycles. The van der Waals surface area contributed by atoms with Gasteiger partial charge in [0, 0.05) is 25.7 Å². The van der Waals surface area contributed by atoms with E-state index in [2.05, 4.69) is 20.9 Å². The number of aliphatic imine (C=N–C) groups is 1. The van der Waals surface area contributed by atoms with Crippen molar-refractivity contribution >= 4 is 41.5 Å². The summed E-state index contributed by atoms with van der Waals surface area (Å²) in [6, 6.07) is 17.6. The number of nitrogens with one attached hydrogen (secondary N) is 3. The molecule has 152 valence electrons. The second kappa shape index (κ2) is 13.8. The van der Waals surface area contributed by atoms with Crippen LogP contribution in [0.2, 0.25) is 0 Å². The molecule has 2 aromatic rings. The van der Waals surface area contributed by atoms with Gasteiger partial charge in [-0.25, -0.2) is 0 Å². The Morgan fingerprint density at radius 3 is 2.39 bits per heavy atom. The zero-order valence-electron chi connectivity index (χ0n) is 16.4. The summed E-state index contributed by atoms with van der Waals surface area (Å²) in [6.07, 6.45) is 0.831. The SMILES string of the molecule is CCNC(=NCCc1ccc(NC(C)=O)cc1)NCCOc1ccccc1.I. The van der Waals surface area contributed by atoms with E-state index in [0.29, 0.717) is 19.7 Å². The highest BCUT2D eigenvalue weighted by Gasteiger charge is 1.99. The van der Waals surface area contributed by atoms with Gasteiger partial charge in [0.15, 0.2) is 5.96 Å². The molecule has 0 aliphatic rings. The van der Waals surface area contributed by atoms with Gasteiger partial charge >= 0.3 is 0 Å². The van der Waals surface area contributed by atoms with Gasteiger partial charge in [-0.3, -0.25) is 9.79 Å². The summed E-state index contributed by atoms with van der Waals surface area (Å²) in [5.74, 6) is 1.58. The normalized spacial score (nSPS) is 10.6. The Morgan fingerprint density at radius 2 is 1.75 bits per heavy atom. The summed E-state index contributed by atoms with van der Waals surface area (Å²) in [6.45, 7) is 6.26. The molecule has 0 saturated heterocycles. The molecule has 0 saturated carbocycles. The van der Waals surface area contributed by atoms with Crippen molar-refractivity contribution in [2.75, 3.05) is 31.6 Å². The number of nitrogens with zero attached hydrogens (tertiary/aromatic N) is 1. The van der Waals surface area contributed by atoms with E-state index in [9.17, 15) is 4.79 Å². The molecule has 2 rings (SSSR count). The molecule has 2 aromatic carbocycles. The van der Waals surface area contributed by atoms with Crippen LogP contribution in [0.3, 0.4) is 0 Å². The van der Waals surface area contributed by atoms with Crippen molar-refractivity contribution in [3.8, 4) is 5.75 Å². The average Bonchev–Trinajstić information content (AvgIpc) is 2.67. The molecule has 0 atom stereocenters. The van der Waals surface area contributed by atoms with Gasteiger partial charge in [-0.15, -0.1) is 24.0 Å². The van der Waals surface area contributed by atoms with Gasteiger partial charge in [0.2, 0.25) is 5.91 Å². The van der Waals surface area contributed by atoms with E-state index >= 15 is 0 Å². The topological polar surface area (TPSA) is 74.8 Å². The largest absolute Gasteiger partial charge is 0.492 e. The van der Waals surface area contributed by atoms with Crippen LogP contribution in [0.15, 0.2) is 59.6 Å². The molecule has 7 heteroatoms. The van der Waals surface area contributed by atoms with E-state index < -0.39 is 0 Å². The maximum atomic E-state index is 11.0. The van der Waals surface area contributed by atoms with Crippen LogP contribution in [0.4, 0.5) is 5.69 Å². The Labute approximate surface area is 184 Å². The molecule has 0 fully saturated rings. The molecule has 3 N–H and O–H groups in total. The first-order valence-corrected chi connectivity index (χ1v) is 9.24. The molecule has 0 aliphatic heterocycles. The Bertz CT molecular complexity index is 721. The van der Waals surface area contributed by atoms with Gasteiger partial charge in [-0.05, 0) is 43.2 Å². The highest BCUT2D eigenvalue weighted by Crippen LogP contribution is 2.10. The number of hydrogen-bond acceptors (Lipinski definition) is 3. The Kier molecular flexibility index (Phi) is 11.7. The smallest absolute Gasteiger partial charge is 0.221 e. The number of guanidine groups is 1. The summed E-state index contributed by atoms with van der Waals surface area (Å²) >= 11 is 0. The van der Waals surface area contributed by atoms with E-state index in [1.165, 1.54) is 12.5 Å². The van der Waals surface area contributed by atoms with Crippen LogP contribution >= 0.6 is 24.0 Å². The van der Waals surface area contributed by atoms with E-state index in [-0.39, 0.29) is 29.9 Å². The Hall–Kier alpha value is -2.29. The van der Waals surface area contributed by atoms with E-state index in [4.69, 9.17) is 4.74 Å². The second-order valence-electron chi connectivity index (χ2n) is 5.98. The van der Waals surface area contributed by atoms with E-state index in [1.54, 1.807) is 0 Å². The molecule has 0 spiro atoms. The lowest BCUT2D eigenvalue weighted by Gasteiger charge is -2.12. The minimum atomic E-state index is -0.0649. The van der Waals surface area contributed by atoms with Crippen molar-refractivity contribution in [1.82, 2.24) is 10.6 Å². The molecular formula is C21H29IN4O2. The first-order chi connectivity index (χ1) is 13.2. The number of rotatable bonds is 9. The Balaban J connectivity index is 0.00000392. The summed E-state index contributed by atoms with van der Waals surface area (Å²) in [4.78, 5) is 15.6. The fraction of sp³-hybridized carbons (Fsp3) is 0.333. The number of amides is 1. The highest BCUT2D eigenvalue weighted by molar-refractivity contribution is 14.0. The minimum absolute atomic E-state index is 0.